The van der Waals surface area contributed by atoms with Gasteiger partial charge in [-0.15, -0.1) is 0 Å². The Balaban J connectivity index is 1.80. The van der Waals surface area contributed by atoms with Crippen LogP contribution < -0.4 is 15.0 Å². The highest BCUT2D eigenvalue weighted by Gasteiger charge is 2.18. The molecule has 0 fully saturated rings. The summed E-state index contributed by atoms with van der Waals surface area (Å²) in [5, 5.41) is 25.5. The number of carbonyl (C=O) groups excluding carboxylic acids is 1. The van der Waals surface area contributed by atoms with Gasteiger partial charge < -0.3 is 29.7 Å². The number of hydrogen-bond acceptors (Lipinski definition) is 10. The van der Waals surface area contributed by atoms with Gasteiger partial charge in [0.15, 0.2) is 0 Å². The molecule has 1 amide bonds. The molecule has 0 aliphatic rings. The number of aromatic nitrogens is 4. The van der Waals surface area contributed by atoms with E-state index in [-0.39, 0.29) is 13.2 Å². The Morgan fingerprint density at radius 3 is 2.62 bits per heavy atom. The van der Waals surface area contributed by atoms with Crippen LogP contribution in [0.25, 0.3) is 23.0 Å². The third kappa shape index (κ3) is 7.46. The van der Waals surface area contributed by atoms with E-state index in [4.69, 9.17) is 14.4 Å². The Kier molecular flexibility index (Phi) is 9.54. The summed E-state index contributed by atoms with van der Waals surface area (Å²) < 4.78 is 11.4. The van der Waals surface area contributed by atoms with E-state index in [0.717, 1.165) is 28.9 Å². The van der Waals surface area contributed by atoms with Gasteiger partial charge in [0.1, 0.15) is 30.8 Å². The third-order valence-electron chi connectivity index (χ3n) is 5.56. The lowest BCUT2D eigenvalue weighted by Crippen LogP contribution is -2.36. The topological polar surface area (TPSA) is 147 Å². The molecule has 0 aliphatic carbocycles. The maximum atomic E-state index is 11.2. The molecule has 11 nitrogen and oxygen atoms in total. The first kappa shape index (κ1) is 28.0. The predicted octanol–water partition coefficient (Wildman–Crippen LogP) is 2.31. The Hall–Kier alpha value is -3.57. The molecule has 11 heteroatoms. The van der Waals surface area contributed by atoms with Crippen molar-refractivity contribution in [2.75, 3.05) is 38.3 Å². The van der Waals surface area contributed by atoms with Gasteiger partial charge in [0.2, 0.25) is 17.7 Å². The molecular formula is C26H36N6O5. The summed E-state index contributed by atoms with van der Waals surface area (Å²) in [4.78, 5) is 26.9. The van der Waals surface area contributed by atoms with E-state index in [9.17, 15) is 9.90 Å². The second kappa shape index (κ2) is 12.6. The zero-order valence-electron chi connectivity index (χ0n) is 22.3. The predicted molar refractivity (Wildman–Crippen MR) is 139 cm³/mol. The van der Waals surface area contributed by atoms with Gasteiger partial charge in [-0.05, 0) is 55.5 Å². The molecule has 0 radical (unpaired) electrons. The lowest BCUT2D eigenvalue weighted by atomic mass is 10.0. The molecule has 1 unspecified atom stereocenters. The molecule has 1 atom stereocenters. The maximum Gasteiger partial charge on any atom is 0.277 e. The minimum absolute atomic E-state index is 0.00803. The van der Waals surface area contributed by atoms with Gasteiger partial charge >= 0.3 is 0 Å². The molecule has 0 spiro atoms. The van der Waals surface area contributed by atoms with Gasteiger partial charge in [-0.25, -0.2) is 9.97 Å². The zero-order valence-corrected chi connectivity index (χ0v) is 22.3. The summed E-state index contributed by atoms with van der Waals surface area (Å²) >= 11 is 0. The Morgan fingerprint density at radius 2 is 1.95 bits per heavy atom. The lowest BCUT2D eigenvalue weighted by molar-refractivity contribution is -0.124. The maximum absolute atomic E-state index is 11.2. The van der Waals surface area contributed by atoms with Gasteiger partial charge in [0.25, 0.3) is 5.89 Å². The Morgan fingerprint density at radius 1 is 1.19 bits per heavy atom. The van der Waals surface area contributed by atoms with Crippen molar-refractivity contribution in [3.63, 3.8) is 0 Å². The van der Waals surface area contributed by atoms with E-state index in [0.29, 0.717) is 41.4 Å². The van der Waals surface area contributed by atoms with Crippen LogP contribution in [0.15, 0.2) is 22.7 Å². The molecule has 3 aromatic rings. The largest absolute Gasteiger partial charge is 0.490 e. The van der Waals surface area contributed by atoms with Crippen molar-refractivity contribution in [2.24, 2.45) is 5.92 Å². The molecule has 2 heterocycles. The fraction of sp³-hybridized carbons (Fsp3) is 0.500. The standard InChI is InChI=1S/C26H36N6O5/c1-7-18-10-19(8-16(4)23(18)36-14-20(34)11-27-22(35)13-33)24-30-25(37-31-24)21-9-17(5)28-26(29-21)32(6)12-15(2)3/h8-10,15,20,33-34H,7,11-14H2,1-6H3,(H,27,35). The molecule has 1 aromatic carbocycles. The van der Waals surface area contributed by atoms with Gasteiger partial charge in [-0.3, -0.25) is 4.79 Å². The number of aliphatic hydroxyl groups is 2. The minimum atomic E-state index is -0.917. The summed E-state index contributed by atoms with van der Waals surface area (Å²) in [5.74, 6) is 1.91. The van der Waals surface area contributed by atoms with Gasteiger partial charge in [-0.2, -0.15) is 4.98 Å². The van der Waals surface area contributed by atoms with Crippen molar-refractivity contribution in [3.05, 3.63) is 35.0 Å². The highest BCUT2D eigenvalue weighted by molar-refractivity contribution is 5.76. The Bertz CT molecular complexity index is 1210. The van der Waals surface area contributed by atoms with Gasteiger partial charge in [0, 0.05) is 31.4 Å². The highest BCUT2D eigenvalue weighted by Crippen LogP contribution is 2.31. The van der Waals surface area contributed by atoms with Crippen molar-refractivity contribution in [1.29, 1.82) is 0 Å². The number of rotatable bonds is 12. The summed E-state index contributed by atoms with van der Waals surface area (Å²) in [6.07, 6.45) is -0.234. The molecule has 200 valence electrons. The highest BCUT2D eigenvalue weighted by atomic mass is 16.5. The average molecular weight is 513 g/mol. The number of ether oxygens (including phenoxy) is 1. The first-order chi connectivity index (χ1) is 17.6. The molecule has 0 aliphatic heterocycles. The number of aliphatic hydroxyl groups excluding tert-OH is 2. The molecule has 0 bridgehead atoms. The number of anilines is 1. The summed E-state index contributed by atoms with van der Waals surface area (Å²) in [7, 11) is 1.96. The van der Waals surface area contributed by atoms with Gasteiger partial charge in [-0.1, -0.05) is 25.9 Å². The first-order valence-corrected chi connectivity index (χ1v) is 12.3. The van der Waals surface area contributed by atoms with Crippen LogP contribution in [0.4, 0.5) is 5.95 Å². The molecule has 0 saturated carbocycles. The normalized spacial score (nSPS) is 12.0. The van der Waals surface area contributed by atoms with Crippen LogP contribution in [-0.4, -0.2) is 75.7 Å². The van der Waals surface area contributed by atoms with Crippen LogP contribution in [0, 0.1) is 19.8 Å². The number of amides is 1. The number of nitrogens with one attached hydrogen (secondary N) is 1. The number of carbonyl (C=O) groups is 1. The van der Waals surface area contributed by atoms with Crippen LogP contribution in [0.1, 0.15) is 37.6 Å². The quantitative estimate of drug-likeness (QED) is 0.330. The van der Waals surface area contributed by atoms with Crippen molar-refractivity contribution < 1.29 is 24.3 Å². The van der Waals surface area contributed by atoms with Crippen molar-refractivity contribution in [1.82, 2.24) is 25.4 Å². The molecule has 3 N–H and O–H groups in total. The van der Waals surface area contributed by atoms with E-state index in [1.54, 1.807) is 0 Å². The Labute approximate surface area is 216 Å². The third-order valence-corrected chi connectivity index (χ3v) is 5.56. The molecule has 37 heavy (non-hydrogen) atoms. The minimum Gasteiger partial charge on any atom is -0.490 e. The SMILES string of the molecule is CCc1cc(-c2noc(-c3cc(C)nc(N(C)CC(C)C)n3)n2)cc(C)c1OCC(O)CNC(=O)CO. The number of aryl methyl sites for hydroxylation is 3. The average Bonchev–Trinajstić information content (AvgIpc) is 3.35. The zero-order chi connectivity index (χ0) is 27.1. The van der Waals surface area contributed by atoms with Crippen molar-refractivity contribution in [2.45, 2.75) is 47.1 Å². The second-order valence-electron chi connectivity index (χ2n) is 9.45. The van der Waals surface area contributed by atoms with Gasteiger partial charge in [0.05, 0.1) is 0 Å². The monoisotopic (exact) mass is 512 g/mol. The molecule has 3 rings (SSSR count). The second-order valence-corrected chi connectivity index (χ2v) is 9.45. The number of hydrogen-bond donors (Lipinski definition) is 3. The molecular weight excluding hydrogens is 476 g/mol. The van der Waals surface area contributed by atoms with Crippen molar-refractivity contribution in [3.8, 4) is 28.7 Å². The van der Waals surface area contributed by atoms with E-state index >= 15 is 0 Å². The lowest BCUT2D eigenvalue weighted by Gasteiger charge is -2.19. The summed E-state index contributed by atoms with van der Waals surface area (Å²) in [6, 6.07) is 5.65. The molecule has 2 aromatic heterocycles. The fourth-order valence-corrected chi connectivity index (χ4v) is 3.88. The molecule has 0 saturated heterocycles. The smallest absolute Gasteiger partial charge is 0.277 e. The first-order valence-electron chi connectivity index (χ1n) is 12.3. The van der Waals surface area contributed by atoms with Crippen LogP contribution in [0.2, 0.25) is 0 Å². The van der Waals surface area contributed by atoms with Crippen LogP contribution in [-0.2, 0) is 11.2 Å². The van der Waals surface area contributed by atoms with Crippen LogP contribution in [0.3, 0.4) is 0 Å². The van der Waals surface area contributed by atoms with E-state index in [1.165, 1.54) is 0 Å². The fourth-order valence-electron chi connectivity index (χ4n) is 3.88. The van der Waals surface area contributed by atoms with Crippen molar-refractivity contribution >= 4 is 11.9 Å². The van der Waals surface area contributed by atoms with E-state index < -0.39 is 18.6 Å². The summed E-state index contributed by atoms with van der Waals surface area (Å²) in [5.41, 5.74) is 3.91. The number of benzene rings is 1. The summed E-state index contributed by atoms with van der Waals surface area (Å²) in [6.45, 7) is 10.3. The van der Waals surface area contributed by atoms with Crippen LogP contribution in [0.5, 0.6) is 5.75 Å². The van der Waals surface area contributed by atoms with Crippen LogP contribution >= 0.6 is 0 Å². The number of nitrogens with zero attached hydrogens (tertiary/aromatic N) is 5. The van der Waals surface area contributed by atoms with E-state index in [2.05, 4.69) is 39.3 Å². The van der Waals surface area contributed by atoms with E-state index in [1.807, 2.05) is 50.9 Å².